The molecule has 0 bridgehead atoms. The molecule has 1 aromatic rings. The first kappa shape index (κ1) is 13.7. The van der Waals surface area contributed by atoms with E-state index in [0.29, 0.717) is 12.4 Å². The molecule has 0 fully saturated rings. The largest absolute Gasteiger partial charge is 0.349 e. The van der Waals surface area contributed by atoms with Crippen LogP contribution in [0.15, 0.2) is 12.4 Å². The zero-order valence-corrected chi connectivity index (χ0v) is 10.5. The minimum atomic E-state index is -0.0977. The van der Waals surface area contributed by atoms with Crippen LogP contribution in [0.1, 0.15) is 42.7 Å². The van der Waals surface area contributed by atoms with Crippen LogP contribution < -0.4 is 11.1 Å². The summed E-state index contributed by atoms with van der Waals surface area (Å²) in [5, 5.41) is 2.87. The quantitative estimate of drug-likeness (QED) is 0.665. The summed E-state index contributed by atoms with van der Waals surface area (Å²) < 4.78 is 1.72. The number of aromatic nitrogens is 2. The number of carbonyl (C=O) groups excluding carboxylic acids is 1. The molecule has 0 aliphatic rings. The summed E-state index contributed by atoms with van der Waals surface area (Å²) in [6.45, 7) is 1.49. The number of nitrogens with zero attached hydrogens (tertiary/aromatic N) is 2. The van der Waals surface area contributed by atoms with Gasteiger partial charge in [-0.3, -0.25) is 4.79 Å². The van der Waals surface area contributed by atoms with Crippen LogP contribution in [0.3, 0.4) is 0 Å². The van der Waals surface area contributed by atoms with Crippen LogP contribution in [-0.2, 0) is 7.05 Å². The van der Waals surface area contributed by atoms with Crippen molar-refractivity contribution in [3.8, 4) is 0 Å². The minimum absolute atomic E-state index is 0.0977. The Labute approximate surface area is 102 Å². The highest BCUT2D eigenvalue weighted by Gasteiger charge is 2.08. The van der Waals surface area contributed by atoms with Crippen molar-refractivity contribution in [3.05, 3.63) is 18.2 Å². The van der Waals surface area contributed by atoms with Gasteiger partial charge in [-0.2, -0.15) is 0 Å². The molecule has 0 aromatic carbocycles. The molecule has 3 N–H and O–H groups in total. The highest BCUT2D eigenvalue weighted by Crippen LogP contribution is 2.01. The molecule has 0 saturated carbocycles. The fraction of sp³-hybridized carbons (Fsp3) is 0.667. The molecule has 1 amide bonds. The maximum Gasteiger partial charge on any atom is 0.287 e. The average Bonchev–Trinajstić information content (AvgIpc) is 2.74. The summed E-state index contributed by atoms with van der Waals surface area (Å²) in [6, 6.07) is 0. The van der Waals surface area contributed by atoms with Gasteiger partial charge in [-0.15, -0.1) is 0 Å². The van der Waals surface area contributed by atoms with E-state index in [2.05, 4.69) is 10.3 Å². The van der Waals surface area contributed by atoms with Gasteiger partial charge in [0.25, 0.3) is 5.91 Å². The number of amides is 1. The molecule has 1 heterocycles. The lowest BCUT2D eigenvalue weighted by atomic mass is 10.1. The van der Waals surface area contributed by atoms with Crippen LogP contribution in [0.4, 0.5) is 0 Å². The number of carbonyl (C=O) groups is 1. The van der Waals surface area contributed by atoms with Crippen LogP contribution in [0.25, 0.3) is 0 Å². The minimum Gasteiger partial charge on any atom is -0.349 e. The number of nitrogens with two attached hydrogens (primary N) is 1. The second-order valence-corrected chi connectivity index (χ2v) is 4.17. The van der Waals surface area contributed by atoms with E-state index in [-0.39, 0.29) is 5.91 Å². The predicted octanol–water partition coefficient (Wildman–Crippen LogP) is 1.06. The molecule has 0 aliphatic carbocycles. The molecule has 5 nitrogen and oxygen atoms in total. The van der Waals surface area contributed by atoms with Crippen LogP contribution in [-0.4, -0.2) is 28.5 Å². The highest BCUT2D eigenvalue weighted by molar-refractivity contribution is 5.90. The molecule has 1 aromatic heterocycles. The SMILES string of the molecule is Cn1ccnc1C(=O)NCCCCCCCN. The molecule has 96 valence electrons. The first-order chi connectivity index (χ1) is 8.25. The van der Waals surface area contributed by atoms with Gasteiger partial charge < -0.3 is 15.6 Å². The highest BCUT2D eigenvalue weighted by atomic mass is 16.2. The molecule has 17 heavy (non-hydrogen) atoms. The van der Waals surface area contributed by atoms with Crippen molar-refractivity contribution in [1.29, 1.82) is 0 Å². The van der Waals surface area contributed by atoms with E-state index in [9.17, 15) is 4.79 Å². The summed E-state index contributed by atoms with van der Waals surface area (Å²) in [5.41, 5.74) is 5.41. The van der Waals surface area contributed by atoms with Gasteiger partial charge in [0.05, 0.1) is 0 Å². The van der Waals surface area contributed by atoms with Crippen LogP contribution >= 0.6 is 0 Å². The zero-order chi connectivity index (χ0) is 12.5. The Morgan fingerprint density at radius 2 is 2.06 bits per heavy atom. The fourth-order valence-corrected chi connectivity index (χ4v) is 1.67. The van der Waals surface area contributed by atoms with Crippen LogP contribution in [0, 0.1) is 0 Å². The Morgan fingerprint density at radius 1 is 1.35 bits per heavy atom. The number of hydrogen-bond acceptors (Lipinski definition) is 3. The lowest BCUT2D eigenvalue weighted by Gasteiger charge is -2.04. The second kappa shape index (κ2) is 7.84. The van der Waals surface area contributed by atoms with E-state index < -0.39 is 0 Å². The number of aryl methyl sites for hydroxylation is 1. The third-order valence-corrected chi connectivity index (χ3v) is 2.69. The van der Waals surface area contributed by atoms with E-state index in [1.165, 1.54) is 12.8 Å². The van der Waals surface area contributed by atoms with Crippen molar-refractivity contribution >= 4 is 5.91 Å². The third kappa shape index (κ3) is 4.99. The van der Waals surface area contributed by atoms with Crippen molar-refractivity contribution in [1.82, 2.24) is 14.9 Å². The summed E-state index contributed by atoms with van der Waals surface area (Å²) in [6.07, 6.45) is 9.02. The Kier molecular flexibility index (Phi) is 6.32. The van der Waals surface area contributed by atoms with Gasteiger partial charge in [0.1, 0.15) is 0 Å². The number of unbranched alkanes of at least 4 members (excludes halogenated alkanes) is 4. The number of hydrogen-bond donors (Lipinski definition) is 2. The molecule has 0 radical (unpaired) electrons. The Balaban J connectivity index is 2.07. The van der Waals surface area contributed by atoms with Gasteiger partial charge in [0.15, 0.2) is 5.82 Å². The Morgan fingerprint density at radius 3 is 2.71 bits per heavy atom. The van der Waals surface area contributed by atoms with Crippen molar-refractivity contribution < 1.29 is 4.79 Å². The van der Waals surface area contributed by atoms with Gasteiger partial charge in [0, 0.05) is 26.0 Å². The average molecular weight is 238 g/mol. The Hall–Kier alpha value is -1.36. The van der Waals surface area contributed by atoms with E-state index in [1.54, 1.807) is 17.0 Å². The number of rotatable bonds is 8. The molecule has 0 saturated heterocycles. The molecule has 0 aliphatic heterocycles. The first-order valence-corrected chi connectivity index (χ1v) is 6.21. The third-order valence-electron chi connectivity index (χ3n) is 2.69. The van der Waals surface area contributed by atoms with Gasteiger partial charge in [-0.05, 0) is 19.4 Å². The van der Waals surface area contributed by atoms with E-state index >= 15 is 0 Å². The molecular weight excluding hydrogens is 216 g/mol. The predicted molar refractivity (Wildman–Crippen MR) is 67.7 cm³/mol. The van der Waals surface area contributed by atoms with Crippen molar-refractivity contribution in [2.75, 3.05) is 13.1 Å². The lowest BCUT2D eigenvalue weighted by Crippen LogP contribution is -2.27. The first-order valence-electron chi connectivity index (χ1n) is 6.21. The molecular formula is C12H22N4O. The lowest BCUT2D eigenvalue weighted by molar-refractivity contribution is 0.0939. The van der Waals surface area contributed by atoms with Crippen molar-refractivity contribution in [3.63, 3.8) is 0 Å². The van der Waals surface area contributed by atoms with E-state index in [1.807, 2.05) is 7.05 Å². The van der Waals surface area contributed by atoms with Gasteiger partial charge >= 0.3 is 0 Å². The van der Waals surface area contributed by atoms with Gasteiger partial charge in [-0.25, -0.2) is 4.98 Å². The topological polar surface area (TPSA) is 72.9 Å². The molecule has 5 heteroatoms. The zero-order valence-electron chi connectivity index (χ0n) is 10.5. The molecule has 0 atom stereocenters. The smallest absolute Gasteiger partial charge is 0.287 e. The molecule has 0 unspecified atom stereocenters. The summed E-state index contributed by atoms with van der Waals surface area (Å²) in [5.74, 6) is 0.368. The van der Waals surface area contributed by atoms with Crippen molar-refractivity contribution in [2.45, 2.75) is 32.1 Å². The monoisotopic (exact) mass is 238 g/mol. The standard InChI is InChI=1S/C12H22N4O/c1-16-10-9-14-11(16)12(17)15-8-6-4-2-3-5-7-13/h9-10H,2-8,13H2,1H3,(H,15,17). The van der Waals surface area contributed by atoms with E-state index in [0.717, 1.165) is 25.8 Å². The summed E-state index contributed by atoms with van der Waals surface area (Å²) in [4.78, 5) is 15.6. The van der Waals surface area contributed by atoms with Gasteiger partial charge in [-0.1, -0.05) is 19.3 Å². The molecule has 1 rings (SSSR count). The fourth-order valence-electron chi connectivity index (χ4n) is 1.67. The maximum absolute atomic E-state index is 11.7. The number of imidazole rings is 1. The normalized spacial score (nSPS) is 10.5. The molecule has 0 spiro atoms. The second-order valence-electron chi connectivity index (χ2n) is 4.17. The van der Waals surface area contributed by atoms with Crippen LogP contribution in [0.5, 0.6) is 0 Å². The summed E-state index contributed by atoms with van der Waals surface area (Å²) >= 11 is 0. The maximum atomic E-state index is 11.7. The van der Waals surface area contributed by atoms with Gasteiger partial charge in [0.2, 0.25) is 0 Å². The van der Waals surface area contributed by atoms with E-state index in [4.69, 9.17) is 5.73 Å². The summed E-state index contributed by atoms with van der Waals surface area (Å²) in [7, 11) is 1.81. The Bertz CT molecular complexity index is 335. The van der Waals surface area contributed by atoms with Crippen molar-refractivity contribution in [2.24, 2.45) is 12.8 Å². The van der Waals surface area contributed by atoms with Crippen LogP contribution in [0.2, 0.25) is 0 Å². The number of nitrogens with one attached hydrogen (secondary N) is 1.